The largest absolute Gasteiger partial charge is 0.497 e. The number of carbonyl (C=O) groups is 1. The molecule has 0 aliphatic carbocycles. The van der Waals surface area contributed by atoms with Gasteiger partial charge in [-0.2, -0.15) is 0 Å². The molecule has 142 valence electrons. The maximum atomic E-state index is 14.7. The van der Waals surface area contributed by atoms with Crippen LogP contribution in [0.3, 0.4) is 0 Å². The van der Waals surface area contributed by atoms with Crippen molar-refractivity contribution in [1.82, 2.24) is 4.98 Å². The predicted molar refractivity (Wildman–Crippen MR) is 104 cm³/mol. The van der Waals surface area contributed by atoms with Crippen molar-refractivity contribution in [3.05, 3.63) is 59.2 Å². The molecule has 3 rings (SSSR count). The van der Waals surface area contributed by atoms with Crippen LogP contribution in [0.5, 0.6) is 0 Å². The van der Waals surface area contributed by atoms with Crippen molar-refractivity contribution >= 4 is 18.4 Å². The van der Waals surface area contributed by atoms with Gasteiger partial charge >= 0.3 is 7.12 Å². The van der Waals surface area contributed by atoms with Gasteiger partial charge in [0, 0.05) is 22.9 Å². The molecule has 0 unspecified atom stereocenters. The van der Waals surface area contributed by atoms with Crippen molar-refractivity contribution < 1.29 is 18.5 Å². The van der Waals surface area contributed by atoms with Crippen molar-refractivity contribution in [3.63, 3.8) is 0 Å². The zero-order valence-corrected chi connectivity index (χ0v) is 16.5. The number of carbonyl (C=O) groups excluding carboxylic acids is 1. The number of hydrogen-bond donors (Lipinski definition) is 0. The molecule has 1 aliphatic rings. The summed E-state index contributed by atoms with van der Waals surface area (Å²) >= 11 is 0. The first kappa shape index (κ1) is 19.7. The first-order chi connectivity index (χ1) is 12.6. The van der Waals surface area contributed by atoms with Gasteiger partial charge in [-0.15, -0.1) is 0 Å². The summed E-state index contributed by atoms with van der Waals surface area (Å²) in [5, 5.41) is 0. The molecule has 2 aromatic rings. The smallest absolute Gasteiger partial charge is 0.399 e. The lowest BCUT2D eigenvalue weighted by atomic mass is 9.78. The molecule has 4 nitrogen and oxygen atoms in total. The SMILES string of the molecule is CCc1ccnc(CC(=O)c2ccc(B3OC(C)(C)C(C)(C)O3)c(F)c2)c1. The van der Waals surface area contributed by atoms with Gasteiger partial charge < -0.3 is 9.31 Å². The number of aryl methyl sites for hydroxylation is 1. The molecule has 1 saturated heterocycles. The Balaban J connectivity index is 1.77. The minimum atomic E-state index is -0.790. The first-order valence-corrected chi connectivity index (χ1v) is 9.25. The average Bonchev–Trinajstić information content (AvgIpc) is 2.82. The van der Waals surface area contributed by atoms with Crippen LogP contribution in [0.4, 0.5) is 4.39 Å². The van der Waals surface area contributed by atoms with Crippen LogP contribution < -0.4 is 5.46 Å². The van der Waals surface area contributed by atoms with E-state index in [1.807, 2.05) is 46.8 Å². The van der Waals surface area contributed by atoms with Crippen molar-refractivity contribution in [2.75, 3.05) is 0 Å². The molecule has 1 aromatic carbocycles. The highest BCUT2D eigenvalue weighted by molar-refractivity contribution is 6.62. The van der Waals surface area contributed by atoms with Crippen LogP contribution in [-0.2, 0) is 22.2 Å². The summed E-state index contributed by atoms with van der Waals surface area (Å²) in [5.41, 5.74) is 1.33. The molecular formula is C21H25BFNO3. The third-order valence-electron chi connectivity index (χ3n) is 5.46. The van der Waals surface area contributed by atoms with Gasteiger partial charge in [0.05, 0.1) is 17.6 Å². The zero-order valence-electron chi connectivity index (χ0n) is 16.5. The summed E-state index contributed by atoms with van der Waals surface area (Å²) in [6.07, 6.45) is 2.72. The van der Waals surface area contributed by atoms with Gasteiger partial charge in [0.1, 0.15) is 5.82 Å². The standard InChI is InChI=1S/C21H25BFNO3/c1-6-14-9-10-24-16(11-14)13-19(25)15-7-8-17(18(23)12-15)22-26-20(2,3)21(4,5)27-22/h7-12H,6,13H2,1-5H3. The fourth-order valence-electron chi connectivity index (χ4n) is 2.97. The van der Waals surface area contributed by atoms with Crippen LogP contribution >= 0.6 is 0 Å². The van der Waals surface area contributed by atoms with Gasteiger partial charge in [-0.3, -0.25) is 9.78 Å². The normalized spacial score (nSPS) is 17.9. The number of rotatable bonds is 5. The fraction of sp³-hybridized carbons (Fsp3) is 0.429. The van der Waals surface area contributed by atoms with E-state index in [0.717, 1.165) is 12.0 Å². The van der Waals surface area contributed by atoms with Crippen LogP contribution in [0, 0.1) is 5.82 Å². The summed E-state index contributed by atoms with van der Waals surface area (Å²) in [6, 6.07) is 8.28. The highest BCUT2D eigenvalue weighted by Crippen LogP contribution is 2.36. The molecule has 0 atom stereocenters. The van der Waals surface area contributed by atoms with Gasteiger partial charge in [-0.05, 0) is 57.9 Å². The second kappa shape index (κ2) is 7.17. The van der Waals surface area contributed by atoms with E-state index in [0.29, 0.717) is 16.7 Å². The summed E-state index contributed by atoms with van der Waals surface area (Å²) in [7, 11) is -0.790. The van der Waals surface area contributed by atoms with Gasteiger partial charge in [0.2, 0.25) is 0 Å². The lowest BCUT2D eigenvalue weighted by Gasteiger charge is -2.32. The van der Waals surface area contributed by atoms with Crippen molar-refractivity contribution in [3.8, 4) is 0 Å². The van der Waals surface area contributed by atoms with E-state index in [1.165, 1.54) is 6.07 Å². The van der Waals surface area contributed by atoms with E-state index in [2.05, 4.69) is 4.98 Å². The Morgan fingerprint density at radius 3 is 2.37 bits per heavy atom. The summed E-state index contributed by atoms with van der Waals surface area (Å²) < 4.78 is 26.5. The summed E-state index contributed by atoms with van der Waals surface area (Å²) in [6.45, 7) is 9.71. The molecule has 0 spiro atoms. The molecule has 0 amide bonds. The number of benzene rings is 1. The Labute approximate surface area is 160 Å². The maximum Gasteiger partial charge on any atom is 0.497 e. The molecule has 6 heteroatoms. The molecule has 0 N–H and O–H groups in total. The highest BCUT2D eigenvalue weighted by Gasteiger charge is 2.52. The molecule has 1 aliphatic heterocycles. The molecule has 0 bridgehead atoms. The number of aromatic nitrogens is 1. The van der Waals surface area contributed by atoms with Gasteiger partial charge in [0.25, 0.3) is 0 Å². The second-order valence-electron chi connectivity index (χ2n) is 7.93. The maximum absolute atomic E-state index is 14.7. The van der Waals surface area contributed by atoms with E-state index in [4.69, 9.17) is 9.31 Å². The van der Waals surface area contributed by atoms with Crippen molar-refractivity contribution in [2.24, 2.45) is 0 Å². The Bertz CT molecular complexity index is 850. The lowest BCUT2D eigenvalue weighted by molar-refractivity contribution is 0.00578. The molecule has 0 radical (unpaired) electrons. The topological polar surface area (TPSA) is 48.4 Å². The van der Waals surface area contributed by atoms with Crippen LogP contribution in [0.25, 0.3) is 0 Å². The Morgan fingerprint density at radius 1 is 1.11 bits per heavy atom. The van der Waals surface area contributed by atoms with E-state index in [9.17, 15) is 9.18 Å². The third-order valence-corrected chi connectivity index (χ3v) is 5.46. The molecule has 1 aromatic heterocycles. The highest BCUT2D eigenvalue weighted by atomic mass is 19.1. The van der Waals surface area contributed by atoms with Crippen LogP contribution in [0.2, 0.25) is 0 Å². The second-order valence-corrected chi connectivity index (χ2v) is 7.93. The number of halogens is 1. The average molecular weight is 369 g/mol. The van der Waals surface area contributed by atoms with Crippen LogP contribution in [0.15, 0.2) is 36.5 Å². The number of Topliss-reactive ketones (excluding diaryl/α,β-unsaturated/α-hetero) is 1. The number of hydrogen-bond acceptors (Lipinski definition) is 4. The zero-order chi connectivity index (χ0) is 19.8. The fourth-order valence-corrected chi connectivity index (χ4v) is 2.97. The number of nitrogens with zero attached hydrogens (tertiary/aromatic N) is 1. The Hall–Kier alpha value is -2.05. The van der Waals surface area contributed by atoms with Crippen LogP contribution in [0.1, 0.15) is 56.2 Å². The molecule has 1 fully saturated rings. The van der Waals surface area contributed by atoms with E-state index >= 15 is 0 Å². The number of ketones is 1. The predicted octanol–water partition coefficient (Wildman–Crippen LogP) is 3.51. The van der Waals surface area contributed by atoms with Crippen molar-refractivity contribution in [1.29, 1.82) is 0 Å². The minimum absolute atomic E-state index is 0.142. The monoisotopic (exact) mass is 369 g/mol. The number of pyridine rings is 1. The summed E-state index contributed by atoms with van der Waals surface area (Å²) in [4.78, 5) is 16.8. The van der Waals surface area contributed by atoms with Gasteiger partial charge in [0.15, 0.2) is 5.78 Å². The van der Waals surface area contributed by atoms with E-state index in [-0.39, 0.29) is 12.2 Å². The van der Waals surface area contributed by atoms with Gasteiger partial charge in [-0.25, -0.2) is 4.39 Å². The Kier molecular flexibility index (Phi) is 5.23. The molecule has 2 heterocycles. The lowest BCUT2D eigenvalue weighted by Crippen LogP contribution is -2.41. The van der Waals surface area contributed by atoms with Gasteiger partial charge in [-0.1, -0.05) is 19.1 Å². The minimum Gasteiger partial charge on any atom is -0.399 e. The van der Waals surface area contributed by atoms with E-state index < -0.39 is 24.1 Å². The quantitative estimate of drug-likeness (QED) is 0.598. The first-order valence-electron chi connectivity index (χ1n) is 9.25. The Morgan fingerprint density at radius 2 is 1.78 bits per heavy atom. The third kappa shape index (κ3) is 3.97. The molecule has 0 saturated carbocycles. The van der Waals surface area contributed by atoms with E-state index in [1.54, 1.807) is 18.3 Å². The summed E-state index contributed by atoms with van der Waals surface area (Å²) in [5.74, 6) is -0.676. The van der Waals surface area contributed by atoms with Crippen molar-refractivity contribution in [2.45, 2.75) is 58.7 Å². The molecule has 27 heavy (non-hydrogen) atoms. The van der Waals surface area contributed by atoms with Crippen LogP contribution in [-0.4, -0.2) is 29.1 Å². The molecular weight excluding hydrogens is 344 g/mol.